The third-order valence-electron chi connectivity index (χ3n) is 5.67. The van der Waals surface area contributed by atoms with Gasteiger partial charge in [-0.05, 0) is 36.3 Å². The molecule has 31 heavy (non-hydrogen) atoms. The van der Waals surface area contributed by atoms with E-state index in [-0.39, 0.29) is 5.78 Å². The molecule has 0 spiro atoms. The Labute approximate surface area is 181 Å². The van der Waals surface area contributed by atoms with Crippen LogP contribution in [0, 0.1) is 6.92 Å². The highest BCUT2D eigenvalue weighted by atomic mass is 16.5. The van der Waals surface area contributed by atoms with Crippen molar-refractivity contribution in [3.05, 3.63) is 94.2 Å². The fourth-order valence-corrected chi connectivity index (χ4v) is 4.15. The Hall–Kier alpha value is -3.57. The number of hydrogen-bond donors (Lipinski definition) is 0. The molecule has 5 nitrogen and oxygen atoms in total. The summed E-state index contributed by atoms with van der Waals surface area (Å²) in [7, 11) is 1.68. The van der Waals surface area contributed by atoms with Crippen molar-refractivity contribution in [2.45, 2.75) is 20.0 Å². The van der Waals surface area contributed by atoms with Crippen molar-refractivity contribution in [1.29, 1.82) is 0 Å². The number of carbonyl (C=O) groups is 1. The topological polar surface area (TPSA) is 48.0 Å². The molecule has 5 heteroatoms. The molecule has 3 aromatic carbocycles. The molecule has 0 fully saturated rings. The number of aryl methyl sites for hydroxylation is 1. The van der Waals surface area contributed by atoms with E-state index in [1.165, 1.54) is 0 Å². The smallest absolute Gasteiger partial charge is 0.232 e. The first-order chi connectivity index (χ1) is 15.1. The quantitative estimate of drug-likeness (QED) is 0.565. The first kappa shape index (κ1) is 19.4. The molecule has 0 aromatic heterocycles. The van der Waals surface area contributed by atoms with Crippen LogP contribution in [0.1, 0.15) is 32.6 Å². The van der Waals surface area contributed by atoms with Crippen LogP contribution in [0.4, 0.5) is 0 Å². The SMILES string of the molecule is COc1ccccc1CN1COc2cc(C)c3c(c2C1)O/C(=C\c1ccccc1)C3=O. The Bertz CT molecular complexity index is 1180. The van der Waals surface area contributed by atoms with Gasteiger partial charge in [0.15, 0.2) is 5.76 Å². The molecule has 5 rings (SSSR count). The van der Waals surface area contributed by atoms with Gasteiger partial charge in [-0.1, -0.05) is 48.5 Å². The van der Waals surface area contributed by atoms with E-state index in [1.54, 1.807) is 13.2 Å². The number of Topliss-reactive ketones (excluding diaryl/α,β-unsaturated/α-hetero) is 1. The summed E-state index contributed by atoms with van der Waals surface area (Å²) < 4.78 is 17.7. The van der Waals surface area contributed by atoms with Crippen LogP contribution in [0.25, 0.3) is 6.08 Å². The lowest BCUT2D eigenvalue weighted by Gasteiger charge is -2.30. The largest absolute Gasteiger partial charge is 0.496 e. The maximum absolute atomic E-state index is 13.1. The monoisotopic (exact) mass is 413 g/mol. The van der Waals surface area contributed by atoms with Crippen LogP contribution in [0.2, 0.25) is 0 Å². The van der Waals surface area contributed by atoms with Gasteiger partial charge in [0.2, 0.25) is 5.78 Å². The number of hydrogen-bond acceptors (Lipinski definition) is 5. The van der Waals surface area contributed by atoms with Crippen molar-refractivity contribution in [2.24, 2.45) is 0 Å². The van der Waals surface area contributed by atoms with E-state index in [1.807, 2.05) is 61.5 Å². The normalized spacial score (nSPS) is 16.5. The van der Waals surface area contributed by atoms with E-state index in [9.17, 15) is 4.79 Å². The van der Waals surface area contributed by atoms with Crippen LogP contribution < -0.4 is 14.2 Å². The lowest BCUT2D eigenvalue weighted by molar-refractivity contribution is 0.0864. The van der Waals surface area contributed by atoms with Crippen LogP contribution in [0.15, 0.2) is 66.4 Å². The Morgan fingerprint density at radius 2 is 1.87 bits per heavy atom. The number of ether oxygens (including phenoxy) is 3. The summed E-state index contributed by atoms with van der Waals surface area (Å²) in [4.78, 5) is 15.3. The first-order valence-corrected chi connectivity index (χ1v) is 10.3. The van der Waals surface area contributed by atoms with Gasteiger partial charge < -0.3 is 14.2 Å². The Morgan fingerprint density at radius 1 is 1.10 bits per heavy atom. The van der Waals surface area contributed by atoms with E-state index in [4.69, 9.17) is 14.2 Å². The molecule has 3 aromatic rings. The van der Waals surface area contributed by atoms with Gasteiger partial charge in [-0.25, -0.2) is 0 Å². The fourth-order valence-electron chi connectivity index (χ4n) is 4.15. The highest BCUT2D eigenvalue weighted by Gasteiger charge is 2.35. The number of ketones is 1. The summed E-state index contributed by atoms with van der Waals surface area (Å²) in [6.07, 6.45) is 1.80. The molecule has 0 aliphatic carbocycles. The van der Waals surface area contributed by atoms with Crippen molar-refractivity contribution < 1.29 is 19.0 Å². The van der Waals surface area contributed by atoms with Crippen LogP contribution in [-0.4, -0.2) is 24.5 Å². The summed E-state index contributed by atoms with van der Waals surface area (Å²) >= 11 is 0. The van der Waals surface area contributed by atoms with Gasteiger partial charge >= 0.3 is 0 Å². The lowest BCUT2D eigenvalue weighted by Crippen LogP contribution is -2.32. The van der Waals surface area contributed by atoms with Crippen molar-refractivity contribution in [2.75, 3.05) is 13.8 Å². The minimum Gasteiger partial charge on any atom is -0.496 e. The van der Waals surface area contributed by atoms with Gasteiger partial charge in [-0.15, -0.1) is 0 Å². The molecule has 0 bridgehead atoms. The second kappa shape index (κ2) is 7.93. The van der Waals surface area contributed by atoms with Gasteiger partial charge in [0.05, 0.1) is 18.2 Å². The molecule has 2 aliphatic heterocycles. The summed E-state index contributed by atoms with van der Waals surface area (Å²) in [5.41, 5.74) is 4.42. The molecule has 0 unspecified atom stereocenters. The van der Waals surface area contributed by atoms with Gasteiger partial charge in [0, 0.05) is 18.7 Å². The standard InChI is InChI=1S/C26H23NO4/c1-17-12-22-20(15-27(16-30-22)14-19-10-6-7-11-21(19)29-2)26-24(17)25(28)23(31-26)13-18-8-4-3-5-9-18/h3-13H,14-16H2,1-2H3/b23-13-. The summed E-state index contributed by atoms with van der Waals surface area (Å²) in [6.45, 7) is 3.69. The number of rotatable bonds is 4. The molecule has 0 atom stereocenters. The van der Waals surface area contributed by atoms with Crippen LogP contribution in [-0.2, 0) is 13.1 Å². The summed E-state index contributed by atoms with van der Waals surface area (Å²) in [6, 6.07) is 19.6. The second-order valence-electron chi connectivity index (χ2n) is 7.80. The summed E-state index contributed by atoms with van der Waals surface area (Å²) in [5.74, 6) is 2.51. The predicted octanol–water partition coefficient (Wildman–Crippen LogP) is 4.97. The van der Waals surface area contributed by atoms with E-state index in [0.29, 0.717) is 36.9 Å². The molecular weight excluding hydrogens is 390 g/mol. The maximum Gasteiger partial charge on any atom is 0.232 e. The van der Waals surface area contributed by atoms with E-state index < -0.39 is 0 Å². The van der Waals surface area contributed by atoms with E-state index in [2.05, 4.69) is 11.0 Å². The number of benzene rings is 3. The maximum atomic E-state index is 13.1. The van der Waals surface area contributed by atoms with Gasteiger partial charge in [0.25, 0.3) is 0 Å². The number of para-hydroxylation sites is 1. The number of nitrogens with zero attached hydrogens (tertiary/aromatic N) is 1. The molecule has 0 saturated heterocycles. The zero-order chi connectivity index (χ0) is 21.4. The molecule has 0 N–H and O–H groups in total. The highest BCUT2D eigenvalue weighted by molar-refractivity contribution is 6.15. The van der Waals surface area contributed by atoms with Crippen molar-refractivity contribution in [3.8, 4) is 17.2 Å². The van der Waals surface area contributed by atoms with Gasteiger partial charge in [-0.3, -0.25) is 9.69 Å². The molecular formula is C26H23NO4. The first-order valence-electron chi connectivity index (χ1n) is 10.3. The zero-order valence-corrected chi connectivity index (χ0v) is 17.6. The molecule has 0 radical (unpaired) electrons. The number of allylic oxidation sites excluding steroid dienone is 1. The van der Waals surface area contributed by atoms with E-state index in [0.717, 1.165) is 33.8 Å². The minimum absolute atomic E-state index is 0.0824. The number of carbonyl (C=O) groups excluding carboxylic acids is 1. The Morgan fingerprint density at radius 3 is 2.68 bits per heavy atom. The minimum atomic E-state index is -0.0824. The molecule has 0 saturated carbocycles. The lowest BCUT2D eigenvalue weighted by atomic mass is 9.98. The van der Waals surface area contributed by atoms with Crippen LogP contribution in [0.5, 0.6) is 17.2 Å². The van der Waals surface area contributed by atoms with Crippen molar-refractivity contribution in [1.82, 2.24) is 4.90 Å². The average Bonchev–Trinajstić information content (AvgIpc) is 3.12. The molecule has 156 valence electrons. The van der Waals surface area contributed by atoms with Gasteiger partial charge in [-0.2, -0.15) is 0 Å². The molecule has 2 aliphatic rings. The number of methoxy groups -OCH3 is 1. The van der Waals surface area contributed by atoms with Crippen LogP contribution in [0.3, 0.4) is 0 Å². The fraction of sp³-hybridized carbons (Fsp3) is 0.192. The highest BCUT2D eigenvalue weighted by Crippen LogP contribution is 2.44. The molecule has 2 heterocycles. The predicted molar refractivity (Wildman–Crippen MR) is 118 cm³/mol. The van der Waals surface area contributed by atoms with Crippen LogP contribution >= 0.6 is 0 Å². The van der Waals surface area contributed by atoms with Crippen molar-refractivity contribution in [3.63, 3.8) is 0 Å². The Kier molecular flexibility index (Phi) is 4.96. The summed E-state index contributed by atoms with van der Waals surface area (Å²) in [5, 5.41) is 0. The molecule has 0 amide bonds. The third kappa shape index (κ3) is 3.57. The van der Waals surface area contributed by atoms with Crippen molar-refractivity contribution >= 4 is 11.9 Å². The third-order valence-corrected chi connectivity index (χ3v) is 5.67. The van der Waals surface area contributed by atoms with E-state index >= 15 is 0 Å². The van der Waals surface area contributed by atoms with Gasteiger partial charge in [0.1, 0.15) is 24.0 Å². The number of fused-ring (bicyclic) bond motifs is 3. The zero-order valence-electron chi connectivity index (χ0n) is 17.6. The Balaban J connectivity index is 1.47. The second-order valence-corrected chi connectivity index (χ2v) is 7.80. The average molecular weight is 413 g/mol.